The maximum atomic E-state index is 14.1. The summed E-state index contributed by atoms with van der Waals surface area (Å²) < 4.78 is 56.5. The zero-order chi connectivity index (χ0) is 23.0. The number of hydrogen-bond acceptors (Lipinski definition) is 4. The van der Waals surface area contributed by atoms with Crippen LogP contribution in [0.5, 0.6) is 0 Å². The van der Waals surface area contributed by atoms with Crippen LogP contribution >= 0.6 is 0 Å². The molecule has 166 valence electrons. The standard InChI is InChI=1S/C27H22O4S2/c1-17-10-13-22-25(16-17)33(30,31)24-15-12-19-7-3-5-9-21(19)27(24)26-20-8-4-2-6-18(20)11-14-23(26)32(22,28)29/h2-12,14-15,22,25H,13,16H2,1H3/t22-,25+/m1/s1. The van der Waals surface area contributed by atoms with E-state index in [1.54, 1.807) is 12.1 Å². The molecule has 0 fully saturated rings. The molecule has 0 saturated carbocycles. The number of sulfone groups is 2. The minimum absolute atomic E-state index is 0.202. The number of allylic oxidation sites excluding steroid dienone is 2. The van der Waals surface area contributed by atoms with Crippen molar-refractivity contribution >= 4 is 41.2 Å². The summed E-state index contributed by atoms with van der Waals surface area (Å²) in [5, 5.41) is 1.22. The Morgan fingerprint density at radius 3 is 1.67 bits per heavy atom. The normalized spacial score (nSPS) is 23.0. The van der Waals surface area contributed by atoms with Crippen LogP contribution in [-0.4, -0.2) is 27.3 Å². The molecule has 0 saturated heterocycles. The summed E-state index contributed by atoms with van der Waals surface area (Å²) in [4.78, 5) is 0.440. The van der Waals surface area contributed by atoms with E-state index in [0.29, 0.717) is 11.1 Å². The molecule has 0 unspecified atom stereocenters. The Labute approximate surface area is 193 Å². The zero-order valence-corrected chi connectivity index (χ0v) is 19.7. The van der Waals surface area contributed by atoms with Gasteiger partial charge in [0.25, 0.3) is 0 Å². The van der Waals surface area contributed by atoms with Crippen molar-refractivity contribution in [2.45, 2.75) is 40.1 Å². The highest BCUT2D eigenvalue weighted by atomic mass is 32.2. The third-order valence-corrected chi connectivity index (χ3v) is 11.8. The molecule has 1 aliphatic carbocycles. The largest absolute Gasteiger partial charge is 0.223 e. The molecule has 4 aromatic carbocycles. The van der Waals surface area contributed by atoms with E-state index in [4.69, 9.17) is 0 Å². The van der Waals surface area contributed by atoms with Crippen LogP contribution in [0.4, 0.5) is 0 Å². The first-order valence-electron chi connectivity index (χ1n) is 11.0. The van der Waals surface area contributed by atoms with Gasteiger partial charge in [0.15, 0.2) is 19.7 Å². The minimum Gasteiger partial charge on any atom is -0.223 e. The van der Waals surface area contributed by atoms with Crippen LogP contribution in [0, 0.1) is 0 Å². The maximum Gasteiger partial charge on any atom is 0.183 e. The van der Waals surface area contributed by atoms with Gasteiger partial charge >= 0.3 is 0 Å². The van der Waals surface area contributed by atoms with Crippen molar-refractivity contribution in [2.24, 2.45) is 0 Å². The summed E-state index contributed by atoms with van der Waals surface area (Å²) in [6, 6.07) is 22.1. The summed E-state index contributed by atoms with van der Waals surface area (Å²) in [6.07, 6.45) is 2.30. The first-order chi connectivity index (χ1) is 15.8. The molecule has 33 heavy (non-hydrogen) atoms. The Kier molecular flexibility index (Phi) is 4.39. The Balaban J connectivity index is 1.89. The summed E-state index contributed by atoms with van der Waals surface area (Å²) in [7, 11) is -7.85. The van der Waals surface area contributed by atoms with Crippen LogP contribution in [0.1, 0.15) is 19.8 Å². The molecule has 4 nitrogen and oxygen atoms in total. The van der Waals surface area contributed by atoms with E-state index in [9.17, 15) is 16.8 Å². The molecule has 0 N–H and O–H groups in total. The fourth-order valence-corrected chi connectivity index (χ4v) is 10.3. The van der Waals surface area contributed by atoms with Gasteiger partial charge < -0.3 is 0 Å². The average Bonchev–Trinajstić information content (AvgIpc) is 2.82. The lowest BCUT2D eigenvalue weighted by molar-refractivity contribution is 0.540. The minimum atomic E-state index is -3.93. The molecule has 1 heterocycles. The van der Waals surface area contributed by atoms with Crippen LogP contribution in [-0.2, 0) is 19.7 Å². The van der Waals surface area contributed by atoms with Gasteiger partial charge in [-0.05, 0) is 53.4 Å². The van der Waals surface area contributed by atoms with Gasteiger partial charge in [0.2, 0.25) is 0 Å². The van der Waals surface area contributed by atoms with Crippen molar-refractivity contribution in [3.05, 3.63) is 84.4 Å². The van der Waals surface area contributed by atoms with Crippen molar-refractivity contribution in [2.75, 3.05) is 0 Å². The molecule has 2 atom stereocenters. The van der Waals surface area contributed by atoms with Gasteiger partial charge in [-0.2, -0.15) is 0 Å². The van der Waals surface area contributed by atoms with Crippen molar-refractivity contribution in [3.8, 4) is 11.1 Å². The Hall–Kier alpha value is -2.96. The lowest BCUT2D eigenvalue weighted by Crippen LogP contribution is -2.43. The predicted molar refractivity (Wildman–Crippen MR) is 132 cm³/mol. The lowest BCUT2D eigenvalue weighted by Gasteiger charge is -2.34. The predicted octanol–water partition coefficient (Wildman–Crippen LogP) is 5.70. The van der Waals surface area contributed by atoms with Crippen LogP contribution < -0.4 is 0 Å². The molecule has 0 radical (unpaired) electrons. The molecule has 0 aromatic heterocycles. The van der Waals surface area contributed by atoms with Crippen molar-refractivity contribution in [1.82, 2.24) is 0 Å². The number of rotatable bonds is 0. The molecule has 0 spiro atoms. The Morgan fingerprint density at radius 2 is 1.12 bits per heavy atom. The molecule has 1 aliphatic heterocycles. The molecular formula is C27H22O4S2. The fourth-order valence-electron chi connectivity index (χ4n) is 5.46. The molecule has 2 aliphatic rings. The fraction of sp³-hybridized carbons (Fsp3) is 0.185. The lowest BCUT2D eigenvalue weighted by atomic mass is 9.93. The maximum absolute atomic E-state index is 14.1. The van der Waals surface area contributed by atoms with Gasteiger partial charge in [0, 0.05) is 11.1 Å². The smallest absolute Gasteiger partial charge is 0.183 e. The van der Waals surface area contributed by atoms with Gasteiger partial charge in [-0.1, -0.05) is 72.3 Å². The summed E-state index contributed by atoms with van der Waals surface area (Å²) in [5.41, 5.74) is 1.90. The quantitative estimate of drug-likeness (QED) is 0.307. The number of hydrogen-bond donors (Lipinski definition) is 0. The highest BCUT2D eigenvalue weighted by Gasteiger charge is 2.47. The second kappa shape index (κ2) is 7.02. The SMILES string of the molecule is CC1=CC[C@@H]2[C@H](C1)S(=O)(=O)c1ccc3ccccc3c1-c1c(ccc3ccccc13)S2(=O)=O. The van der Waals surface area contributed by atoms with Gasteiger partial charge in [-0.15, -0.1) is 0 Å². The molecular weight excluding hydrogens is 452 g/mol. The summed E-state index contributed by atoms with van der Waals surface area (Å²) in [6.45, 7) is 1.87. The van der Waals surface area contributed by atoms with Crippen molar-refractivity contribution in [3.63, 3.8) is 0 Å². The van der Waals surface area contributed by atoms with Gasteiger partial charge in [0.1, 0.15) is 0 Å². The van der Waals surface area contributed by atoms with E-state index in [-0.39, 0.29) is 22.6 Å². The highest BCUT2D eigenvalue weighted by Crippen LogP contribution is 2.48. The molecule has 0 amide bonds. The zero-order valence-electron chi connectivity index (χ0n) is 18.0. The van der Waals surface area contributed by atoms with E-state index in [2.05, 4.69) is 0 Å². The summed E-state index contributed by atoms with van der Waals surface area (Å²) in [5.74, 6) is 0. The monoisotopic (exact) mass is 474 g/mol. The highest BCUT2D eigenvalue weighted by molar-refractivity contribution is 7.96. The number of benzene rings is 4. The molecule has 6 heteroatoms. The van der Waals surface area contributed by atoms with Crippen LogP contribution in [0.3, 0.4) is 0 Å². The van der Waals surface area contributed by atoms with E-state index in [0.717, 1.165) is 27.1 Å². The van der Waals surface area contributed by atoms with Crippen LogP contribution in [0.15, 0.2) is 94.2 Å². The van der Waals surface area contributed by atoms with E-state index in [1.165, 1.54) is 0 Å². The first kappa shape index (κ1) is 20.6. The van der Waals surface area contributed by atoms with Crippen molar-refractivity contribution in [1.29, 1.82) is 0 Å². The topological polar surface area (TPSA) is 68.3 Å². The van der Waals surface area contributed by atoms with Crippen LogP contribution in [0.2, 0.25) is 0 Å². The summed E-state index contributed by atoms with van der Waals surface area (Å²) >= 11 is 0. The average molecular weight is 475 g/mol. The van der Waals surface area contributed by atoms with E-state index >= 15 is 0 Å². The van der Waals surface area contributed by atoms with E-state index < -0.39 is 30.2 Å². The second-order valence-corrected chi connectivity index (χ2v) is 13.2. The molecule has 6 rings (SSSR count). The second-order valence-electron chi connectivity index (χ2n) is 8.98. The Morgan fingerprint density at radius 1 is 0.636 bits per heavy atom. The van der Waals surface area contributed by atoms with Gasteiger partial charge in [-0.3, -0.25) is 0 Å². The Bertz CT molecular complexity index is 1710. The van der Waals surface area contributed by atoms with Crippen LogP contribution in [0.25, 0.3) is 32.7 Å². The van der Waals surface area contributed by atoms with Gasteiger partial charge in [-0.25, -0.2) is 16.8 Å². The molecule has 0 bridgehead atoms. The van der Waals surface area contributed by atoms with E-state index in [1.807, 2.05) is 73.7 Å². The van der Waals surface area contributed by atoms with Gasteiger partial charge in [0.05, 0.1) is 20.3 Å². The third-order valence-electron chi connectivity index (χ3n) is 7.08. The number of fused-ring (bicyclic) bond motifs is 8. The third kappa shape index (κ3) is 2.87. The first-order valence-corrected chi connectivity index (χ1v) is 14.1. The van der Waals surface area contributed by atoms with Crippen molar-refractivity contribution < 1.29 is 16.8 Å². The molecule has 4 aromatic rings.